The van der Waals surface area contributed by atoms with Gasteiger partial charge in [-0.2, -0.15) is 5.10 Å². The van der Waals surface area contributed by atoms with E-state index in [9.17, 15) is 0 Å². The Morgan fingerprint density at radius 1 is 1.08 bits per heavy atom. The fourth-order valence-electron chi connectivity index (χ4n) is 3.46. The van der Waals surface area contributed by atoms with Gasteiger partial charge in [-0.3, -0.25) is 0 Å². The molecule has 1 saturated heterocycles. The zero-order valence-electron chi connectivity index (χ0n) is 14.5. The molecule has 0 bridgehead atoms. The Balaban J connectivity index is 1.65. The summed E-state index contributed by atoms with van der Waals surface area (Å²) in [5.41, 5.74) is 1.40. The molecule has 1 atom stereocenters. The molecule has 0 N–H and O–H groups in total. The highest BCUT2D eigenvalue weighted by Gasteiger charge is 2.32. The Morgan fingerprint density at radius 2 is 1.88 bits per heavy atom. The van der Waals surface area contributed by atoms with Crippen molar-refractivity contribution in [1.82, 2.24) is 19.7 Å². The van der Waals surface area contributed by atoms with Crippen molar-refractivity contribution in [3.8, 4) is 5.82 Å². The minimum Gasteiger partial charge on any atom is -0.356 e. The fraction of sp³-hybridized carbons (Fsp3) is 0.421. The van der Waals surface area contributed by atoms with Crippen LogP contribution in [-0.4, -0.2) is 32.8 Å². The van der Waals surface area contributed by atoms with Gasteiger partial charge in [-0.15, -0.1) is 0 Å². The van der Waals surface area contributed by atoms with Crippen molar-refractivity contribution in [3.63, 3.8) is 0 Å². The van der Waals surface area contributed by atoms with Crippen molar-refractivity contribution < 1.29 is 0 Å². The van der Waals surface area contributed by atoms with E-state index < -0.39 is 0 Å². The Bertz CT molecular complexity index is 861. The van der Waals surface area contributed by atoms with E-state index in [2.05, 4.69) is 52.9 Å². The number of benzene rings is 1. The van der Waals surface area contributed by atoms with E-state index in [1.54, 1.807) is 6.33 Å². The van der Waals surface area contributed by atoms with E-state index in [4.69, 9.17) is 0 Å². The third-order valence-electron chi connectivity index (χ3n) is 5.07. The number of hydrogen-bond acceptors (Lipinski definition) is 4. The summed E-state index contributed by atoms with van der Waals surface area (Å²) in [6, 6.07) is 10.2. The third kappa shape index (κ3) is 2.64. The van der Waals surface area contributed by atoms with Gasteiger partial charge in [0.1, 0.15) is 12.1 Å². The number of aromatic nitrogens is 4. The van der Waals surface area contributed by atoms with Crippen LogP contribution in [0.25, 0.3) is 16.7 Å². The lowest BCUT2D eigenvalue weighted by Crippen LogP contribution is -2.26. The maximum Gasteiger partial charge on any atom is 0.159 e. The van der Waals surface area contributed by atoms with Gasteiger partial charge in [0.2, 0.25) is 0 Å². The quantitative estimate of drug-likeness (QED) is 0.722. The van der Waals surface area contributed by atoms with Gasteiger partial charge in [0.15, 0.2) is 5.82 Å². The van der Waals surface area contributed by atoms with Crippen LogP contribution in [0.5, 0.6) is 0 Å². The summed E-state index contributed by atoms with van der Waals surface area (Å²) in [5, 5.41) is 5.61. The molecule has 1 unspecified atom stereocenters. The van der Waals surface area contributed by atoms with E-state index in [0.717, 1.165) is 35.6 Å². The Hall–Kier alpha value is -2.43. The fourth-order valence-corrected chi connectivity index (χ4v) is 3.46. The average molecular weight is 321 g/mol. The van der Waals surface area contributed by atoms with Crippen molar-refractivity contribution in [3.05, 3.63) is 42.9 Å². The van der Waals surface area contributed by atoms with Crippen molar-refractivity contribution in [2.45, 2.75) is 27.2 Å². The molecular weight excluding hydrogens is 298 g/mol. The maximum atomic E-state index is 4.50. The van der Waals surface area contributed by atoms with Crippen LogP contribution in [0.3, 0.4) is 0 Å². The predicted octanol–water partition coefficient (Wildman–Crippen LogP) is 3.69. The number of anilines is 1. The summed E-state index contributed by atoms with van der Waals surface area (Å²) in [4.78, 5) is 11.3. The van der Waals surface area contributed by atoms with Crippen molar-refractivity contribution in [1.29, 1.82) is 0 Å². The van der Waals surface area contributed by atoms with Crippen LogP contribution in [0.4, 0.5) is 5.82 Å². The molecule has 0 amide bonds. The molecule has 5 nitrogen and oxygen atoms in total. The van der Waals surface area contributed by atoms with Gasteiger partial charge in [0, 0.05) is 24.5 Å². The van der Waals surface area contributed by atoms with Gasteiger partial charge in [-0.1, -0.05) is 39.0 Å². The first kappa shape index (κ1) is 15.1. The first-order chi connectivity index (χ1) is 11.5. The standard InChI is InChI=1S/C19H23N5/c1-19(2,3)15-8-9-23(12-15)17-10-18(21-13-20-17)24-16-7-5-4-6-14(16)11-22-24/h4-7,10-11,13,15H,8-9,12H2,1-3H3. The molecule has 1 aliphatic heterocycles. The molecule has 5 heteroatoms. The molecule has 24 heavy (non-hydrogen) atoms. The zero-order chi connectivity index (χ0) is 16.7. The van der Waals surface area contributed by atoms with Gasteiger partial charge in [0.05, 0.1) is 11.7 Å². The smallest absolute Gasteiger partial charge is 0.159 e. The minimum absolute atomic E-state index is 0.336. The van der Waals surface area contributed by atoms with Crippen LogP contribution >= 0.6 is 0 Å². The summed E-state index contributed by atoms with van der Waals surface area (Å²) in [6.07, 6.45) is 4.74. The second-order valence-corrected chi connectivity index (χ2v) is 7.65. The second-order valence-electron chi connectivity index (χ2n) is 7.65. The number of nitrogens with zero attached hydrogens (tertiary/aromatic N) is 5. The molecule has 2 aromatic heterocycles. The van der Waals surface area contributed by atoms with Crippen LogP contribution in [-0.2, 0) is 0 Å². The van der Waals surface area contributed by atoms with E-state index in [1.165, 1.54) is 6.42 Å². The van der Waals surface area contributed by atoms with Crippen LogP contribution in [0, 0.1) is 11.3 Å². The molecule has 124 valence electrons. The molecule has 0 aliphatic carbocycles. The van der Waals surface area contributed by atoms with Crippen molar-refractivity contribution in [2.24, 2.45) is 11.3 Å². The predicted molar refractivity (Wildman–Crippen MR) is 96.4 cm³/mol. The summed E-state index contributed by atoms with van der Waals surface area (Å²) in [5.74, 6) is 2.51. The van der Waals surface area contributed by atoms with Crippen LogP contribution in [0.1, 0.15) is 27.2 Å². The van der Waals surface area contributed by atoms with E-state index in [-0.39, 0.29) is 0 Å². The second kappa shape index (κ2) is 5.58. The van der Waals surface area contributed by atoms with E-state index >= 15 is 0 Å². The molecule has 0 saturated carbocycles. The van der Waals surface area contributed by atoms with Crippen LogP contribution < -0.4 is 4.90 Å². The van der Waals surface area contributed by atoms with Crippen molar-refractivity contribution in [2.75, 3.05) is 18.0 Å². The average Bonchev–Trinajstić information content (AvgIpc) is 3.22. The molecule has 3 aromatic rings. The zero-order valence-corrected chi connectivity index (χ0v) is 14.5. The Labute approximate surface area is 142 Å². The molecule has 1 aliphatic rings. The monoisotopic (exact) mass is 321 g/mol. The molecule has 0 spiro atoms. The number of rotatable bonds is 2. The van der Waals surface area contributed by atoms with Crippen LogP contribution in [0.2, 0.25) is 0 Å². The molecular formula is C19H23N5. The highest BCUT2D eigenvalue weighted by molar-refractivity contribution is 5.79. The van der Waals surface area contributed by atoms with Crippen molar-refractivity contribution >= 4 is 16.7 Å². The SMILES string of the molecule is CC(C)(C)C1CCN(c2cc(-n3ncc4ccccc43)ncn2)C1. The Kier molecular flexibility index (Phi) is 3.52. The van der Waals surface area contributed by atoms with Gasteiger partial charge in [-0.05, 0) is 23.8 Å². The summed E-state index contributed by atoms with van der Waals surface area (Å²) >= 11 is 0. The lowest BCUT2D eigenvalue weighted by molar-refractivity contribution is 0.263. The summed E-state index contributed by atoms with van der Waals surface area (Å²) in [7, 11) is 0. The maximum absolute atomic E-state index is 4.50. The highest BCUT2D eigenvalue weighted by Crippen LogP contribution is 2.35. The molecule has 1 fully saturated rings. The largest absolute Gasteiger partial charge is 0.356 e. The molecule has 1 aromatic carbocycles. The number of fused-ring (bicyclic) bond motifs is 1. The minimum atomic E-state index is 0.336. The highest BCUT2D eigenvalue weighted by atomic mass is 15.3. The van der Waals surface area contributed by atoms with Gasteiger partial charge in [0.25, 0.3) is 0 Å². The summed E-state index contributed by atoms with van der Waals surface area (Å²) in [6.45, 7) is 9.07. The molecule has 0 radical (unpaired) electrons. The normalized spacial score (nSPS) is 18.5. The lowest BCUT2D eigenvalue weighted by Gasteiger charge is -2.27. The lowest BCUT2D eigenvalue weighted by atomic mass is 9.80. The topological polar surface area (TPSA) is 46.8 Å². The first-order valence-electron chi connectivity index (χ1n) is 8.52. The third-order valence-corrected chi connectivity index (χ3v) is 5.07. The first-order valence-corrected chi connectivity index (χ1v) is 8.52. The molecule has 3 heterocycles. The van der Waals surface area contributed by atoms with Gasteiger partial charge < -0.3 is 4.90 Å². The van der Waals surface area contributed by atoms with E-state index in [1.807, 2.05) is 29.1 Å². The number of para-hydroxylation sites is 1. The Morgan fingerprint density at radius 3 is 2.67 bits per heavy atom. The van der Waals surface area contributed by atoms with Crippen LogP contribution in [0.15, 0.2) is 42.9 Å². The van der Waals surface area contributed by atoms with Gasteiger partial charge in [-0.25, -0.2) is 14.6 Å². The van der Waals surface area contributed by atoms with Gasteiger partial charge >= 0.3 is 0 Å². The summed E-state index contributed by atoms with van der Waals surface area (Å²) < 4.78 is 1.89. The molecule has 4 rings (SSSR count). The number of hydrogen-bond donors (Lipinski definition) is 0. The van der Waals surface area contributed by atoms with E-state index in [0.29, 0.717) is 11.3 Å².